The maximum Gasteiger partial charge on any atom is 0.243 e. The van der Waals surface area contributed by atoms with Crippen molar-refractivity contribution in [2.75, 3.05) is 7.11 Å². The summed E-state index contributed by atoms with van der Waals surface area (Å²) in [5.41, 5.74) is 6.50. The molecule has 0 aliphatic heterocycles. The highest BCUT2D eigenvalue weighted by molar-refractivity contribution is 5.56. The fourth-order valence-corrected chi connectivity index (χ4v) is 1.92. The highest BCUT2D eigenvalue weighted by Crippen LogP contribution is 2.25. The molecule has 1 heterocycles. The van der Waals surface area contributed by atoms with Crippen molar-refractivity contribution >= 4 is 0 Å². The Hall–Kier alpha value is -1.95. The van der Waals surface area contributed by atoms with E-state index in [2.05, 4.69) is 24.0 Å². The molecule has 0 saturated heterocycles. The third kappa shape index (κ3) is 3.14. The summed E-state index contributed by atoms with van der Waals surface area (Å²) in [7, 11) is 1.41. The van der Waals surface area contributed by atoms with Gasteiger partial charge in [0.15, 0.2) is 11.6 Å². The second kappa shape index (κ2) is 6.00. The van der Waals surface area contributed by atoms with Gasteiger partial charge in [0.2, 0.25) is 11.7 Å². The smallest absolute Gasteiger partial charge is 0.243 e. The molecule has 1 aromatic heterocycles. The zero-order chi connectivity index (χ0) is 14.7. The van der Waals surface area contributed by atoms with Crippen LogP contribution in [0.25, 0.3) is 11.4 Å². The summed E-state index contributed by atoms with van der Waals surface area (Å²) >= 11 is 0. The van der Waals surface area contributed by atoms with E-state index in [1.54, 1.807) is 6.07 Å². The summed E-state index contributed by atoms with van der Waals surface area (Å²) in [4.78, 5) is 4.22. The van der Waals surface area contributed by atoms with E-state index in [0.717, 1.165) is 6.42 Å². The molecular weight excluding hydrogens is 261 g/mol. The van der Waals surface area contributed by atoms with Crippen LogP contribution in [-0.4, -0.2) is 17.3 Å². The quantitative estimate of drug-likeness (QED) is 0.910. The highest BCUT2D eigenvalue weighted by Gasteiger charge is 2.17. The van der Waals surface area contributed by atoms with Crippen molar-refractivity contribution in [3.05, 3.63) is 29.9 Å². The van der Waals surface area contributed by atoms with Crippen LogP contribution in [0, 0.1) is 11.7 Å². The van der Waals surface area contributed by atoms with Crippen LogP contribution in [0.1, 0.15) is 32.2 Å². The molecule has 0 spiro atoms. The standard InChI is InChI=1S/C14H18FN3O2/c1-8(2)6-11(16)14-17-13(18-20-14)9-4-5-12(19-3)10(15)7-9/h4-5,7-8,11H,6,16H2,1-3H3. The molecule has 0 saturated carbocycles. The lowest BCUT2D eigenvalue weighted by molar-refractivity contribution is 0.335. The van der Waals surface area contributed by atoms with E-state index in [4.69, 9.17) is 15.0 Å². The molecule has 1 aromatic carbocycles. The minimum atomic E-state index is -0.470. The van der Waals surface area contributed by atoms with Crippen molar-refractivity contribution in [2.45, 2.75) is 26.3 Å². The fourth-order valence-electron chi connectivity index (χ4n) is 1.92. The van der Waals surface area contributed by atoms with Gasteiger partial charge in [-0.25, -0.2) is 4.39 Å². The van der Waals surface area contributed by atoms with E-state index in [1.165, 1.54) is 19.2 Å². The molecule has 108 valence electrons. The average Bonchev–Trinajstić information content (AvgIpc) is 2.87. The molecule has 1 atom stereocenters. The zero-order valence-electron chi connectivity index (χ0n) is 11.8. The number of hydrogen-bond donors (Lipinski definition) is 1. The van der Waals surface area contributed by atoms with Crippen LogP contribution in [0.2, 0.25) is 0 Å². The molecule has 0 aliphatic carbocycles. The lowest BCUT2D eigenvalue weighted by Crippen LogP contribution is -2.13. The molecule has 0 amide bonds. The number of ether oxygens (including phenoxy) is 1. The van der Waals surface area contributed by atoms with Gasteiger partial charge in [0.1, 0.15) is 0 Å². The molecule has 0 fully saturated rings. The molecule has 1 unspecified atom stereocenters. The third-order valence-electron chi connectivity index (χ3n) is 2.89. The van der Waals surface area contributed by atoms with Gasteiger partial charge in [0, 0.05) is 5.56 Å². The third-order valence-corrected chi connectivity index (χ3v) is 2.89. The summed E-state index contributed by atoms with van der Waals surface area (Å²) in [6.07, 6.45) is 0.749. The van der Waals surface area contributed by atoms with Gasteiger partial charge in [-0.1, -0.05) is 19.0 Å². The number of rotatable bonds is 5. The molecule has 2 N–H and O–H groups in total. The maximum absolute atomic E-state index is 13.6. The van der Waals surface area contributed by atoms with Gasteiger partial charge < -0.3 is 15.0 Å². The van der Waals surface area contributed by atoms with Crippen LogP contribution in [0.3, 0.4) is 0 Å². The van der Waals surface area contributed by atoms with Crippen molar-refractivity contribution in [3.8, 4) is 17.1 Å². The number of hydrogen-bond acceptors (Lipinski definition) is 5. The Kier molecular flexibility index (Phi) is 4.34. The molecule has 2 rings (SSSR count). The van der Waals surface area contributed by atoms with E-state index in [-0.39, 0.29) is 11.8 Å². The van der Waals surface area contributed by atoms with Gasteiger partial charge in [0.05, 0.1) is 13.2 Å². The molecule has 0 aliphatic rings. The number of halogens is 1. The zero-order valence-corrected chi connectivity index (χ0v) is 11.8. The Labute approximate surface area is 116 Å². The predicted molar refractivity (Wildman–Crippen MR) is 72.6 cm³/mol. The van der Waals surface area contributed by atoms with Crippen LogP contribution in [0.15, 0.2) is 22.7 Å². The van der Waals surface area contributed by atoms with Crippen molar-refractivity contribution in [1.82, 2.24) is 10.1 Å². The van der Waals surface area contributed by atoms with Gasteiger partial charge in [-0.3, -0.25) is 0 Å². The Bertz CT molecular complexity index is 584. The van der Waals surface area contributed by atoms with Gasteiger partial charge in [0.25, 0.3) is 0 Å². The molecule has 0 radical (unpaired) electrons. The predicted octanol–water partition coefficient (Wildman–Crippen LogP) is 2.93. The summed E-state index contributed by atoms with van der Waals surface area (Å²) < 4.78 is 23.6. The Balaban J connectivity index is 2.22. The first-order chi connectivity index (χ1) is 9.51. The largest absolute Gasteiger partial charge is 0.494 e. The van der Waals surface area contributed by atoms with Crippen molar-refractivity contribution in [2.24, 2.45) is 11.7 Å². The first-order valence-corrected chi connectivity index (χ1v) is 6.44. The minimum Gasteiger partial charge on any atom is -0.494 e. The van der Waals surface area contributed by atoms with Gasteiger partial charge in [-0.15, -0.1) is 0 Å². The molecule has 5 nitrogen and oxygen atoms in total. The second-order valence-electron chi connectivity index (χ2n) is 5.04. The Morgan fingerprint density at radius 1 is 1.40 bits per heavy atom. The topological polar surface area (TPSA) is 74.2 Å². The van der Waals surface area contributed by atoms with Crippen LogP contribution in [0.4, 0.5) is 4.39 Å². The van der Waals surface area contributed by atoms with E-state index in [1.807, 2.05) is 0 Å². The average molecular weight is 279 g/mol. The Morgan fingerprint density at radius 3 is 2.75 bits per heavy atom. The van der Waals surface area contributed by atoms with E-state index >= 15 is 0 Å². The highest BCUT2D eigenvalue weighted by atomic mass is 19.1. The van der Waals surface area contributed by atoms with Gasteiger partial charge in [-0.05, 0) is 30.5 Å². The lowest BCUT2D eigenvalue weighted by Gasteiger charge is -2.08. The number of nitrogens with zero attached hydrogens (tertiary/aromatic N) is 2. The molecule has 6 heteroatoms. The first kappa shape index (κ1) is 14.5. The van der Waals surface area contributed by atoms with Crippen LogP contribution < -0.4 is 10.5 Å². The fraction of sp³-hybridized carbons (Fsp3) is 0.429. The van der Waals surface area contributed by atoms with Gasteiger partial charge >= 0.3 is 0 Å². The normalized spacial score (nSPS) is 12.7. The molecule has 20 heavy (non-hydrogen) atoms. The number of methoxy groups -OCH3 is 1. The summed E-state index contributed by atoms with van der Waals surface area (Å²) in [5.74, 6) is 0.821. The van der Waals surface area contributed by atoms with E-state index < -0.39 is 5.82 Å². The molecule has 0 bridgehead atoms. The molecular formula is C14H18FN3O2. The second-order valence-corrected chi connectivity index (χ2v) is 5.04. The van der Waals surface area contributed by atoms with Crippen molar-refractivity contribution < 1.29 is 13.7 Å². The lowest BCUT2D eigenvalue weighted by atomic mass is 10.0. The Morgan fingerprint density at radius 2 is 2.15 bits per heavy atom. The minimum absolute atomic E-state index is 0.175. The number of aromatic nitrogens is 2. The van der Waals surface area contributed by atoms with Crippen LogP contribution in [-0.2, 0) is 0 Å². The first-order valence-electron chi connectivity index (χ1n) is 6.44. The maximum atomic E-state index is 13.6. The van der Waals surface area contributed by atoms with Crippen molar-refractivity contribution in [1.29, 1.82) is 0 Å². The van der Waals surface area contributed by atoms with Crippen molar-refractivity contribution in [3.63, 3.8) is 0 Å². The monoisotopic (exact) mass is 279 g/mol. The number of nitrogens with two attached hydrogens (primary N) is 1. The summed E-state index contributed by atoms with van der Waals surface area (Å²) in [6.45, 7) is 4.13. The van der Waals surface area contributed by atoms with E-state index in [0.29, 0.717) is 23.2 Å². The van der Waals surface area contributed by atoms with Gasteiger partial charge in [-0.2, -0.15) is 4.98 Å². The number of benzene rings is 1. The van der Waals surface area contributed by atoms with Crippen LogP contribution in [0.5, 0.6) is 5.75 Å². The van der Waals surface area contributed by atoms with E-state index in [9.17, 15) is 4.39 Å². The SMILES string of the molecule is COc1ccc(-c2noc(C(N)CC(C)C)n2)cc1F. The van der Waals surface area contributed by atoms with Crippen LogP contribution >= 0.6 is 0 Å². The summed E-state index contributed by atoms with van der Waals surface area (Å²) in [6, 6.07) is 4.19. The summed E-state index contributed by atoms with van der Waals surface area (Å²) in [5, 5.41) is 3.84. The molecule has 2 aromatic rings.